The molecule has 20 heavy (non-hydrogen) atoms. The smallest absolute Gasteiger partial charge is 0.311 e. The van der Waals surface area contributed by atoms with Crippen molar-refractivity contribution < 1.29 is 49.7 Å². The Morgan fingerprint density at radius 3 is 2.30 bits per heavy atom. The zero-order valence-corrected chi connectivity index (χ0v) is 10.2. The van der Waals surface area contributed by atoms with E-state index >= 15 is 0 Å². The van der Waals surface area contributed by atoms with Crippen molar-refractivity contribution >= 4 is 11.9 Å². The highest BCUT2D eigenvalue weighted by atomic mass is 16.7. The maximum atomic E-state index is 11.3. The van der Waals surface area contributed by atoms with E-state index in [1.54, 1.807) is 0 Å². The third-order valence-electron chi connectivity index (χ3n) is 2.73. The highest BCUT2D eigenvalue weighted by Crippen LogP contribution is 2.22. The molecule has 0 aliphatic carbocycles. The Kier molecular flexibility index (Phi) is 5.80. The van der Waals surface area contributed by atoms with Crippen molar-refractivity contribution in [2.45, 2.75) is 43.2 Å². The third-order valence-corrected chi connectivity index (χ3v) is 2.73. The van der Waals surface area contributed by atoms with Crippen LogP contribution in [0.15, 0.2) is 0 Å². The van der Waals surface area contributed by atoms with Crippen molar-refractivity contribution in [1.82, 2.24) is 0 Å². The van der Waals surface area contributed by atoms with E-state index < -0.39 is 61.8 Å². The molecule has 0 saturated carbocycles. The van der Waals surface area contributed by atoms with Gasteiger partial charge in [-0.05, 0) is 0 Å². The summed E-state index contributed by atoms with van der Waals surface area (Å²) in [7, 11) is 0. The minimum Gasteiger partial charge on any atom is -0.547 e. The molecule has 1 fully saturated rings. The summed E-state index contributed by atoms with van der Waals surface area (Å²) in [5.74, 6) is -3.11. The van der Waals surface area contributed by atoms with Crippen molar-refractivity contribution in [3.8, 4) is 0 Å². The Balaban J connectivity index is 2.61. The van der Waals surface area contributed by atoms with Gasteiger partial charge < -0.3 is 44.9 Å². The van der Waals surface area contributed by atoms with Crippen molar-refractivity contribution in [2.75, 3.05) is 6.61 Å². The van der Waals surface area contributed by atoms with Gasteiger partial charge in [-0.3, -0.25) is 4.79 Å². The molecule has 10 nitrogen and oxygen atoms in total. The molecule has 0 radical (unpaired) electrons. The number of aliphatic hydroxyl groups excluding tert-OH is 5. The summed E-state index contributed by atoms with van der Waals surface area (Å²) < 4.78 is 9.38. The normalized spacial score (nSPS) is 35.4. The molecule has 1 heterocycles. The van der Waals surface area contributed by atoms with E-state index in [-0.39, 0.29) is 0 Å². The van der Waals surface area contributed by atoms with Crippen LogP contribution in [-0.4, -0.2) is 80.9 Å². The van der Waals surface area contributed by atoms with E-state index in [0.717, 1.165) is 0 Å². The second kappa shape index (κ2) is 6.92. The van der Waals surface area contributed by atoms with E-state index in [1.165, 1.54) is 0 Å². The first-order valence-electron chi connectivity index (χ1n) is 5.66. The minimum absolute atomic E-state index is 0.708. The number of aliphatic carboxylic acids is 1. The average molecular weight is 295 g/mol. The standard InChI is InChI=1S/C10H16O10/c11-2-4-6(14)7(15)8(16)10(19-4)20-5(13)1-3(12)9(17)18/h3-4,6-8,10-12,14-16H,1-2H2,(H,17,18)/p-1/t3-,4+,6+,7-,8+,10-/m0/s1. The number of carboxylic acid groups (broad SMARTS) is 1. The fraction of sp³-hybridized carbons (Fsp3) is 0.800. The first-order valence-corrected chi connectivity index (χ1v) is 5.66. The maximum absolute atomic E-state index is 11.3. The van der Waals surface area contributed by atoms with Crippen molar-refractivity contribution in [2.24, 2.45) is 0 Å². The number of ether oxygens (including phenoxy) is 2. The molecule has 0 aromatic heterocycles. The number of carboxylic acids is 1. The molecule has 0 spiro atoms. The lowest BCUT2D eigenvalue weighted by molar-refractivity contribution is -0.316. The number of carbonyl (C=O) groups excluding carboxylic acids is 2. The van der Waals surface area contributed by atoms with E-state index in [0.29, 0.717) is 0 Å². The Labute approximate surface area is 112 Å². The Morgan fingerprint density at radius 1 is 1.20 bits per heavy atom. The number of carbonyl (C=O) groups is 2. The second-order valence-corrected chi connectivity index (χ2v) is 4.23. The van der Waals surface area contributed by atoms with Crippen LogP contribution in [0.3, 0.4) is 0 Å². The zero-order chi connectivity index (χ0) is 15.4. The lowest BCUT2D eigenvalue weighted by Gasteiger charge is -2.39. The highest BCUT2D eigenvalue weighted by molar-refractivity contribution is 5.79. The molecule has 0 unspecified atom stereocenters. The summed E-state index contributed by atoms with van der Waals surface area (Å²) in [5.41, 5.74) is 0. The van der Waals surface area contributed by atoms with Gasteiger partial charge in [0.1, 0.15) is 30.5 Å². The largest absolute Gasteiger partial charge is 0.547 e. The lowest BCUT2D eigenvalue weighted by Crippen LogP contribution is -2.59. The van der Waals surface area contributed by atoms with Crippen molar-refractivity contribution in [3.05, 3.63) is 0 Å². The van der Waals surface area contributed by atoms with Crippen LogP contribution in [0.25, 0.3) is 0 Å². The summed E-state index contributed by atoms with van der Waals surface area (Å²) in [4.78, 5) is 21.5. The van der Waals surface area contributed by atoms with E-state index in [2.05, 4.69) is 4.74 Å². The van der Waals surface area contributed by atoms with Gasteiger partial charge in [-0.25, -0.2) is 0 Å². The number of hydrogen-bond donors (Lipinski definition) is 5. The Bertz CT molecular complexity index is 356. The number of rotatable bonds is 5. The first-order chi connectivity index (χ1) is 9.27. The first kappa shape index (κ1) is 16.8. The van der Waals surface area contributed by atoms with Crippen LogP contribution in [0.1, 0.15) is 6.42 Å². The Morgan fingerprint density at radius 2 is 1.80 bits per heavy atom. The maximum Gasteiger partial charge on any atom is 0.311 e. The molecule has 0 aromatic carbocycles. The quantitative estimate of drug-likeness (QED) is 0.308. The Hall–Kier alpha value is -1.30. The monoisotopic (exact) mass is 295 g/mol. The average Bonchev–Trinajstić information content (AvgIpc) is 2.39. The molecule has 1 rings (SSSR count). The van der Waals surface area contributed by atoms with E-state index in [4.69, 9.17) is 14.9 Å². The van der Waals surface area contributed by atoms with Gasteiger partial charge >= 0.3 is 5.97 Å². The third kappa shape index (κ3) is 3.85. The van der Waals surface area contributed by atoms with Crippen molar-refractivity contribution in [3.63, 3.8) is 0 Å². The van der Waals surface area contributed by atoms with Gasteiger partial charge in [-0.1, -0.05) is 0 Å². The molecule has 0 amide bonds. The molecular formula is C10H15O10-. The highest BCUT2D eigenvalue weighted by Gasteiger charge is 2.45. The SMILES string of the molecule is O=C(C[C@H](O)C(=O)[O-])O[C@@H]1O[C@H](CO)[C@@H](O)[C@H](O)[C@H]1O. The van der Waals surface area contributed by atoms with Gasteiger partial charge in [-0.15, -0.1) is 0 Å². The lowest BCUT2D eigenvalue weighted by atomic mass is 9.99. The van der Waals surface area contributed by atoms with Crippen LogP contribution >= 0.6 is 0 Å². The molecule has 1 saturated heterocycles. The van der Waals surface area contributed by atoms with Gasteiger partial charge in [-0.2, -0.15) is 0 Å². The number of esters is 1. The van der Waals surface area contributed by atoms with Crippen LogP contribution < -0.4 is 5.11 Å². The predicted octanol–water partition coefficient (Wildman–Crippen LogP) is -5.17. The molecule has 116 valence electrons. The van der Waals surface area contributed by atoms with Crippen LogP contribution in [0.2, 0.25) is 0 Å². The van der Waals surface area contributed by atoms with Crippen LogP contribution in [-0.2, 0) is 19.1 Å². The fourth-order valence-electron chi connectivity index (χ4n) is 1.58. The molecule has 1 aliphatic heterocycles. The molecule has 6 atom stereocenters. The van der Waals surface area contributed by atoms with E-state index in [9.17, 15) is 30.0 Å². The molecular weight excluding hydrogens is 280 g/mol. The summed E-state index contributed by atoms with van der Waals surface area (Å²) in [6.45, 7) is -0.708. The van der Waals surface area contributed by atoms with E-state index in [1.807, 2.05) is 0 Å². The molecule has 0 aromatic rings. The summed E-state index contributed by atoms with van der Waals surface area (Å²) in [6, 6.07) is 0. The topological polar surface area (TPSA) is 177 Å². The molecule has 10 heteroatoms. The molecule has 1 aliphatic rings. The van der Waals surface area contributed by atoms with Crippen LogP contribution in [0.4, 0.5) is 0 Å². The van der Waals surface area contributed by atoms with Gasteiger partial charge in [0.05, 0.1) is 19.0 Å². The second-order valence-electron chi connectivity index (χ2n) is 4.23. The van der Waals surface area contributed by atoms with Gasteiger partial charge in [0, 0.05) is 0 Å². The van der Waals surface area contributed by atoms with Crippen molar-refractivity contribution in [1.29, 1.82) is 0 Å². The van der Waals surface area contributed by atoms with Gasteiger partial charge in [0.2, 0.25) is 6.29 Å². The zero-order valence-electron chi connectivity index (χ0n) is 10.2. The molecule has 0 bridgehead atoms. The summed E-state index contributed by atoms with van der Waals surface area (Å²) in [5, 5.41) is 56.4. The predicted molar refractivity (Wildman–Crippen MR) is 55.5 cm³/mol. The number of aliphatic hydroxyl groups is 5. The number of hydrogen-bond acceptors (Lipinski definition) is 10. The van der Waals surface area contributed by atoms with Gasteiger partial charge in [0.25, 0.3) is 0 Å². The van der Waals surface area contributed by atoms with Crippen LogP contribution in [0.5, 0.6) is 0 Å². The van der Waals surface area contributed by atoms with Gasteiger partial charge in [0.15, 0.2) is 0 Å². The summed E-state index contributed by atoms with van der Waals surface area (Å²) >= 11 is 0. The molecule has 5 N–H and O–H groups in total. The van der Waals surface area contributed by atoms with Crippen LogP contribution in [0, 0.1) is 0 Å². The minimum atomic E-state index is -2.09. The summed E-state index contributed by atoms with van der Waals surface area (Å²) in [6.07, 6.45) is -11.2. The fourth-order valence-corrected chi connectivity index (χ4v) is 1.58.